The third-order valence-corrected chi connectivity index (χ3v) is 4.60. The van der Waals surface area contributed by atoms with E-state index in [9.17, 15) is 8.78 Å². The van der Waals surface area contributed by atoms with E-state index in [1.54, 1.807) is 6.20 Å². The summed E-state index contributed by atoms with van der Waals surface area (Å²) in [5, 5.41) is 0. The number of H-pyrrole nitrogens is 1. The van der Waals surface area contributed by atoms with Crippen LogP contribution in [0, 0.1) is 11.6 Å². The van der Waals surface area contributed by atoms with Crippen LogP contribution in [0.15, 0.2) is 54.7 Å². The maximum Gasteiger partial charge on any atom is 0.135 e. The molecule has 1 N–H and O–H groups in total. The van der Waals surface area contributed by atoms with Crippen LogP contribution in [0.5, 0.6) is 0 Å². The van der Waals surface area contributed by atoms with Gasteiger partial charge < -0.3 is 9.72 Å². The second kappa shape index (κ2) is 7.35. The number of hydrogen-bond acceptors (Lipinski definition) is 3. The Bertz CT molecular complexity index is 882. The predicted octanol–water partition coefficient (Wildman–Crippen LogP) is 3.93. The Balaban J connectivity index is 1.58. The topological polar surface area (TPSA) is 41.1 Å². The maximum absolute atomic E-state index is 14.0. The molecule has 6 heteroatoms. The number of hydrogen-bond donors (Lipinski definition) is 1. The van der Waals surface area contributed by atoms with Crippen molar-refractivity contribution < 1.29 is 13.5 Å². The third kappa shape index (κ3) is 3.52. The summed E-state index contributed by atoms with van der Waals surface area (Å²) in [5.74, 6) is -0.485. The number of aromatic nitrogens is 2. The summed E-state index contributed by atoms with van der Waals surface area (Å²) >= 11 is 0. The second-order valence-corrected chi connectivity index (χ2v) is 6.35. The molecule has 2 heterocycles. The smallest absolute Gasteiger partial charge is 0.135 e. The minimum Gasteiger partial charge on any atom is -0.378 e. The van der Waals surface area contributed by atoms with Gasteiger partial charge in [0.2, 0.25) is 0 Å². The van der Waals surface area contributed by atoms with Crippen molar-refractivity contribution in [1.29, 1.82) is 0 Å². The molecule has 4 nitrogen and oxygen atoms in total. The molecule has 1 atom stereocenters. The van der Waals surface area contributed by atoms with E-state index in [0.717, 1.165) is 25.0 Å². The largest absolute Gasteiger partial charge is 0.378 e. The number of halogens is 2. The summed E-state index contributed by atoms with van der Waals surface area (Å²) in [6, 6.07) is 13.7. The summed E-state index contributed by atoms with van der Waals surface area (Å²) < 4.78 is 32.8. The molecule has 0 aliphatic carbocycles. The number of benzene rings is 2. The average Bonchev–Trinajstić information content (AvgIpc) is 3.13. The predicted molar refractivity (Wildman–Crippen MR) is 94.4 cm³/mol. The SMILES string of the molecule is Fc1ccc(-c2cnc([C@@H]3COCCN3Cc3ccccc3)[nH]2)c(F)c1. The van der Waals surface area contributed by atoms with Gasteiger partial charge in [-0.15, -0.1) is 0 Å². The van der Waals surface area contributed by atoms with E-state index in [2.05, 4.69) is 27.0 Å². The number of nitrogens with zero attached hydrogens (tertiary/aromatic N) is 2. The summed E-state index contributed by atoms with van der Waals surface area (Å²) in [6.45, 7) is 2.77. The van der Waals surface area contributed by atoms with Crippen molar-refractivity contribution in [3.63, 3.8) is 0 Å². The van der Waals surface area contributed by atoms with Crippen LogP contribution in [-0.4, -0.2) is 34.6 Å². The molecule has 0 bridgehead atoms. The van der Waals surface area contributed by atoms with Crippen molar-refractivity contribution in [1.82, 2.24) is 14.9 Å². The number of rotatable bonds is 4. The lowest BCUT2D eigenvalue weighted by atomic mass is 10.1. The first-order valence-corrected chi connectivity index (χ1v) is 8.57. The zero-order valence-electron chi connectivity index (χ0n) is 14.2. The molecule has 1 fully saturated rings. The summed E-state index contributed by atoms with van der Waals surface area (Å²) in [6.07, 6.45) is 1.58. The van der Waals surface area contributed by atoms with Gasteiger partial charge in [0.1, 0.15) is 17.5 Å². The van der Waals surface area contributed by atoms with E-state index < -0.39 is 11.6 Å². The first-order chi connectivity index (χ1) is 12.7. The van der Waals surface area contributed by atoms with E-state index in [1.807, 2.05) is 18.2 Å². The van der Waals surface area contributed by atoms with E-state index >= 15 is 0 Å². The highest BCUT2D eigenvalue weighted by Gasteiger charge is 2.27. The fraction of sp³-hybridized carbons (Fsp3) is 0.250. The highest BCUT2D eigenvalue weighted by Crippen LogP contribution is 2.27. The molecule has 0 saturated carbocycles. The van der Waals surface area contributed by atoms with Crippen LogP contribution in [-0.2, 0) is 11.3 Å². The van der Waals surface area contributed by atoms with Crippen molar-refractivity contribution in [3.8, 4) is 11.3 Å². The molecule has 3 aromatic rings. The molecule has 26 heavy (non-hydrogen) atoms. The van der Waals surface area contributed by atoms with Gasteiger partial charge in [-0.25, -0.2) is 13.8 Å². The Morgan fingerprint density at radius 3 is 2.81 bits per heavy atom. The first-order valence-electron chi connectivity index (χ1n) is 8.57. The zero-order valence-corrected chi connectivity index (χ0v) is 14.2. The molecule has 1 aliphatic rings. The van der Waals surface area contributed by atoms with Crippen molar-refractivity contribution in [2.45, 2.75) is 12.6 Å². The number of nitrogens with one attached hydrogen (secondary N) is 1. The van der Waals surface area contributed by atoms with E-state index in [4.69, 9.17) is 4.74 Å². The van der Waals surface area contributed by atoms with E-state index in [1.165, 1.54) is 17.7 Å². The number of morpholine rings is 1. The molecule has 0 radical (unpaired) electrons. The monoisotopic (exact) mass is 355 g/mol. The van der Waals surface area contributed by atoms with Crippen molar-refractivity contribution >= 4 is 0 Å². The van der Waals surface area contributed by atoms with Crippen LogP contribution in [0.1, 0.15) is 17.4 Å². The Hall–Kier alpha value is -2.57. The molecular weight excluding hydrogens is 336 g/mol. The molecule has 1 aliphatic heterocycles. The fourth-order valence-electron chi connectivity index (χ4n) is 3.25. The lowest BCUT2D eigenvalue weighted by Crippen LogP contribution is -2.39. The minimum atomic E-state index is -0.610. The average molecular weight is 355 g/mol. The van der Waals surface area contributed by atoms with E-state index in [0.29, 0.717) is 24.5 Å². The molecular formula is C20H19F2N3O. The standard InChI is InChI=1S/C20H19F2N3O/c21-15-6-7-16(17(22)10-15)18-11-23-20(24-18)19-13-26-9-8-25(19)12-14-4-2-1-3-5-14/h1-7,10-11,19H,8-9,12-13H2,(H,23,24)/t19-/m0/s1. The number of imidazole rings is 1. The van der Waals surface area contributed by atoms with Gasteiger partial charge in [0.25, 0.3) is 0 Å². The summed E-state index contributed by atoms with van der Waals surface area (Å²) in [5.41, 5.74) is 2.05. The first kappa shape index (κ1) is 16.9. The number of aromatic amines is 1. The van der Waals surface area contributed by atoms with Crippen LogP contribution in [0.3, 0.4) is 0 Å². The molecule has 1 saturated heterocycles. The highest BCUT2D eigenvalue weighted by molar-refractivity contribution is 5.59. The van der Waals surface area contributed by atoms with Gasteiger partial charge in [0.15, 0.2) is 0 Å². The molecule has 4 rings (SSSR count). The van der Waals surface area contributed by atoms with Gasteiger partial charge in [-0.1, -0.05) is 30.3 Å². The van der Waals surface area contributed by atoms with Gasteiger partial charge >= 0.3 is 0 Å². The number of ether oxygens (including phenoxy) is 1. The van der Waals surface area contributed by atoms with Crippen LogP contribution in [0.2, 0.25) is 0 Å². The molecule has 1 aromatic heterocycles. The normalized spacial score (nSPS) is 18.2. The minimum absolute atomic E-state index is 0.0405. The van der Waals surface area contributed by atoms with Crippen LogP contribution >= 0.6 is 0 Å². The fourth-order valence-corrected chi connectivity index (χ4v) is 3.25. The van der Waals surface area contributed by atoms with Gasteiger partial charge in [0, 0.05) is 24.7 Å². The van der Waals surface area contributed by atoms with Gasteiger partial charge in [-0.05, 0) is 17.7 Å². The lowest BCUT2D eigenvalue weighted by Gasteiger charge is -2.34. The highest BCUT2D eigenvalue weighted by atomic mass is 19.1. The lowest BCUT2D eigenvalue weighted by molar-refractivity contribution is -0.0156. The molecule has 0 amide bonds. The summed E-state index contributed by atoms with van der Waals surface area (Å²) in [4.78, 5) is 9.91. The Labute approximate surface area is 150 Å². The molecule has 0 unspecified atom stereocenters. The van der Waals surface area contributed by atoms with Gasteiger partial charge in [-0.2, -0.15) is 0 Å². The van der Waals surface area contributed by atoms with Gasteiger partial charge in [0.05, 0.1) is 31.1 Å². The Kier molecular flexibility index (Phi) is 4.77. The Morgan fingerprint density at radius 2 is 2.00 bits per heavy atom. The maximum atomic E-state index is 14.0. The van der Waals surface area contributed by atoms with Crippen molar-refractivity contribution in [2.24, 2.45) is 0 Å². The van der Waals surface area contributed by atoms with Crippen molar-refractivity contribution in [2.75, 3.05) is 19.8 Å². The molecule has 134 valence electrons. The van der Waals surface area contributed by atoms with E-state index in [-0.39, 0.29) is 6.04 Å². The molecule has 0 spiro atoms. The molecule has 2 aromatic carbocycles. The Morgan fingerprint density at radius 1 is 1.15 bits per heavy atom. The third-order valence-electron chi connectivity index (χ3n) is 4.60. The quantitative estimate of drug-likeness (QED) is 0.771. The van der Waals surface area contributed by atoms with Gasteiger partial charge in [-0.3, -0.25) is 4.90 Å². The van der Waals surface area contributed by atoms with Crippen LogP contribution in [0.25, 0.3) is 11.3 Å². The second-order valence-electron chi connectivity index (χ2n) is 6.35. The van der Waals surface area contributed by atoms with Crippen LogP contribution < -0.4 is 0 Å². The summed E-state index contributed by atoms with van der Waals surface area (Å²) in [7, 11) is 0. The van der Waals surface area contributed by atoms with Crippen LogP contribution in [0.4, 0.5) is 8.78 Å². The zero-order chi connectivity index (χ0) is 17.9. The van der Waals surface area contributed by atoms with Crippen molar-refractivity contribution in [3.05, 3.63) is 77.8 Å².